The number of amides is 2. The predicted molar refractivity (Wildman–Crippen MR) is 135 cm³/mol. The van der Waals surface area contributed by atoms with E-state index in [1.807, 2.05) is 23.1 Å². The van der Waals surface area contributed by atoms with Gasteiger partial charge in [0.2, 0.25) is 11.8 Å². The van der Waals surface area contributed by atoms with E-state index in [0.717, 1.165) is 36.8 Å². The topological polar surface area (TPSA) is 78.7 Å². The second-order valence-corrected chi connectivity index (χ2v) is 9.89. The second kappa shape index (κ2) is 11.8. The van der Waals surface area contributed by atoms with Crippen molar-refractivity contribution < 1.29 is 14.0 Å². The molecule has 188 valence electrons. The summed E-state index contributed by atoms with van der Waals surface area (Å²) in [6.45, 7) is 3.94. The van der Waals surface area contributed by atoms with Crippen LogP contribution in [-0.4, -0.2) is 65.4 Å². The van der Waals surface area contributed by atoms with Crippen LogP contribution in [0.2, 0.25) is 0 Å². The Balaban J connectivity index is 1.45. The lowest BCUT2D eigenvalue weighted by Crippen LogP contribution is -2.62. The molecule has 1 heterocycles. The molecule has 0 spiro atoms. The zero-order valence-electron chi connectivity index (χ0n) is 20.5. The van der Waals surface area contributed by atoms with Crippen LogP contribution in [0.15, 0.2) is 54.6 Å². The highest BCUT2D eigenvalue weighted by Gasteiger charge is 2.38. The van der Waals surface area contributed by atoms with Crippen LogP contribution in [-0.2, 0) is 22.4 Å². The van der Waals surface area contributed by atoms with Crippen LogP contribution in [0, 0.1) is 5.82 Å². The summed E-state index contributed by atoms with van der Waals surface area (Å²) in [4.78, 5) is 30.7. The fourth-order valence-corrected chi connectivity index (χ4v) is 4.96. The lowest BCUT2D eigenvalue weighted by molar-refractivity contribution is -0.139. The lowest BCUT2D eigenvalue weighted by Gasteiger charge is -2.45. The first-order chi connectivity index (χ1) is 16.9. The van der Waals surface area contributed by atoms with Gasteiger partial charge in [-0.3, -0.25) is 14.5 Å². The van der Waals surface area contributed by atoms with Crippen molar-refractivity contribution in [2.75, 3.05) is 19.6 Å². The fourth-order valence-electron chi connectivity index (χ4n) is 4.96. The third-order valence-corrected chi connectivity index (χ3v) is 7.04. The quantitative estimate of drug-likeness (QED) is 0.548. The summed E-state index contributed by atoms with van der Waals surface area (Å²) in [5, 5.41) is 3.19. The number of carbonyl (C=O) groups is 2. The first-order valence-corrected chi connectivity index (χ1v) is 12.8. The Morgan fingerprint density at radius 1 is 1.03 bits per heavy atom. The molecular weight excluding hydrogens is 443 g/mol. The van der Waals surface area contributed by atoms with Gasteiger partial charge in [-0.15, -0.1) is 0 Å². The van der Waals surface area contributed by atoms with Gasteiger partial charge in [0.1, 0.15) is 5.82 Å². The molecule has 1 saturated heterocycles. The van der Waals surface area contributed by atoms with Gasteiger partial charge in [0.15, 0.2) is 0 Å². The third-order valence-electron chi connectivity index (χ3n) is 7.04. The van der Waals surface area contributed by atoms with E-state index in [9.17, 15) is 14.0 Å². The van der Waals surface area contributed by atoms with Gasteiger partial charge in [0.25, 0.3) is 0 Å². The molecule has 1 aliphatic heterocycles. The molecule has 6 nitrogen and oxygen atoms in total. The van der Waals surface area contributed by atoms with Crippen LogP contribution in [0.25, 0.3) is 0 Å². The van der Waals surface area contributed by atoms with Crippen molar-refractivity contribution in [1.29, 1.82) is 0 Å². The smallest absolute Gasteiger partial charge is 0.240 e. The summed E-state index contributed by atoms with van der Waals surface area (Å²) in [6, 6.07) is 15.6. The highest BCUT2D eigenvalue weighted by atomic mass is 19.1. The zero-order valence-corrected chi connectivity index (χ0v) is 20.5. The first-order valence-electron chi connectivity index (χ1n) is 12.8. The first kappa shape index (κ1) is 25.3. The molecule has 3 atom stereocenters. The summed E-state index contributed by atoms with van der Waals surface area (Å²) in [7, 11) is 0. The van der Waals surface area contributed by atoms with Gasteiger partial charge >= 0.3 is 0 Å². The number of benzene rings is 2. The summed E-state index contributed by atoms with van der Waals surface area (Å²) in [6.07, 6.45) is 4.92. The Kier molecular flexibility index (Phi) is 8.52. The molecule has 3 unspecified atom stereocenters. The minimum Gasteiger partial charge on any atom is -0.352 e. The van der Waals surface area contributed by atoms with Gasteiger partial charge in [-0.05, 0) is 55.4 Å². The van der Waals surface area contributed by atoms with E-state index in [2.05, 4.69) is 29.3 Å². The van der Waals surface area contributed by atoms with Crippen LogP contribution in [0.1, 0.15) is 43.7 Å². The lowest BCUT2D eigenvalue weighted by atomic mass is 9.98. The number of hydrogen-bond acceptors (Lipinski definition) is 4. The van der Waals surface area contributed by atoms with Crippen molar-refractivity contribution in [1.82, 2.24) is 15.1 Å². The monoisotopic (exact) mass is 480 g/mol. The van der Waals surface area contributed by atoms with Gasteiger partial charge in [-0.1, -0.05) is 55.8 Å². The van der Waals surface area contributed by atoms with Crippen molar-refractivity contribution in [2.45, 2.75) is 69.6 Å². The molecule has 0 bridgehead atoms. The van der Waals surface area contributed by atoms with E-state index in [0.29, 0.717) is 38.5 Å². The van der Waals surface area contributed by atoms with Crippen LogP contribution < -0.4 is 11.1 Å². The zero-order chi connectivity index (χ0) is 24.8. The number of halogens is 1. The van der Waals surface area contributed by atoms with Crippen molar-refractivity contribution >= 4 is 11.8 Å². The minimum absolute atomic E-state index is 0.00696. The number of nitrogens with one attached hydrogen (secondary N) is 1. The molecule has 35 heavy (non-hydrogen) atoms. The summed E-state index contributed by atoms with van der Waals surface area (Å²) in [5.74, 6) is -0.294. The van der Waals surface area contributed by atoms with E-state index < -0.39 is 6.04 Å². The van der Waals surface area contributed by atoms with Crippen molar-refractivity contribution in [3.63, 3.8) is 0 Å². The largest absolute Gasteiger partial charge is 0.352 e. The molecule has 3 N–H and O–H groups in total. The summed E-state index contributed by atoms with van der Waals surface area (Å²) < 4.78 is 13.2. The summed E-state index contributed by atoms with van der Waals surface area (Å²) >= 11 is 0. The molecule has 1 aliphatic carbocycles. The van der Waals surface area contributed by atoms with Crippen LogP contribution >= 0.6 is 0 Å². The second-order valence-electron chi connectivity index (χ2n) is 9.89. The van der Waals surface area contributed by atoms with Crippen molar-refractivity contribution in [3.05, 3.63) is 71.5 Å². The SMILES string of the molecule is CCCC1CN(C(Cc2ccccc2)C(=O)NC2CC2)CCN1C(=O)C(N)Cc1ccc(F)cc1. The van der Waals surface area contributed by atoms with Crippen LogP contribution in [0.3, 0.4) is 0 Å². The van der Waals surface area contributed by atoms with Crippen LogP contribution in [0.4, 0.5) is 4.39 Å². The molecule has 2 fully saturated rings. The summed E-state index contributed by atoms with van der Waals surface area (Å²) in [5.41, 5.74) is 8.30. The standard InChI is InChI=1S/C28H37FN4O2/c1-2-6-24-19-32(26(27(34)31-23-13-14-23)18-20-7-4-3-5-8-20)15-16-33(24)28(35)25(30)17-21-9-11-22(29)12-10-21/h3-5,7-12,23-26H,2,6,13-19,30H2,1H3,(H,31,34). The van der Waals surface area contributed by atoms with E-state index in [4.69, 9.17) is 5.73 Å². The Morgan fingerprint density at radius 3 is 2.37 bits per heavy atom. The molecule has 1 saturated carbocycles. The maximum Gasteiger partial charge on any atom is 0.240 e. The highest BCUT2D eigenvalue weighted by Crippen LogP contribution is 2.23. The van der Waals surface area contributed by atoms with Gasteiger partial charge in [0, 0.05) is 31.7 Å². The van der Waals surface area contributed by atoms with E-state index in [-0.39, 0.29) is 29.7 Å². The number of nitrogens with zero attached hydrogens (tertiary/aromatic N) is 2. The maximum absolute atomic E-state index is 13.3. The van der Waals surface area contributed by atoms with Crippen LogP contribution in [0.5, 0.6) is 0 Å². The van der Waals surface area contributed by atoms with Gasteiger partial charge in [-0.25, -0.2) is 4.39 Å². The number of hydrogen-bond donors (Lipinski definition) is 2. The third kappa shape index (κ3) is 6.89. The molecular formula is C28H37FN4O2. The number of rotatable bonds is 10. The van der Waals surface area contributed by atoms with Gasteiger partial charge in [0.05, 0.1) is 12.1 Å². The molecule has 0 aromatic heterocycles. The Bertz CT molecular complexity index is 980. The number of nitrogens with two attached hydrogens (primary N) is 1. The minimum atomic E-state index is -0.676. The number of piperazine rings is 1. The maximum atomic E-state index is 13.3. The highest BCUT2D eigenvalue weighted by molar-refractivity contribution is 5.83. The molecule has 2 amide bonds. The predicted octanol–water partition coefficient (Wildman–Crippen LogP) is 2.90. The average Bonchev–Trinajstić information content (AvgIpc) is 3.68. The normalized spacial score (nSPS) is 20.3. The molecule has 2 aromatic rings. The van der Waals surface area contributed by atoms with E-state index in [1.165, 1.54) is 12.1 Å². The molecule has 2 aliphatic rings. The van der Waals surface area contributed by atoms with Gasteiger partial charge in [-0.2, -0.15) is 0 Å². The molecule has 4 rings (SSSR count). The number of carbonyl (C=O) groups excluding carboxylic acids is 2. The Labute approximate surface area is 207 Å². The Morgan fingerprint density at radius 2 is 1.71 bits per heavy atom. The van der Waals surface area contributed by atoms with Crippen molar-refractivity contribution in [2.24, 2.45) is 5.73 Å². The molecule has 7 heteroatoms. The molecule has 2 aromatic carbocycles. The van der Waals surface area contributed by atoms with E-state index >= 15 is 0 Å². The Hall–Kier alpha value is -2.77. The average molecular weight is 481 g/mol. The van der Waals surface area contributed by atoms with E-state index in [1.54, 1.807) is 12.1 Å². The van der Waals surface area contributed by atoms with Gasteiger partial charge < -0.3 is 16.0 Å². The molecule has 0 radical (unpaired) electrons. The fraction of sp³-hybridized carbons (Fsp3) is 0.500. The van der Waals surface area contributed by atoms with Crippen molar-refractivity contribution in [3.8, 4) is 0 Å².